The fraction of sp³-hybridized carbons (Fsp3) is 0.182. The maximum atomic E-state index is 14.1. The van der Waals surface area contributed by atoms with Crippen LogP contribution >= 0.6 is 0 Å². The number of fused-ring (bicyclic) bond motifs is 4. The first kappa shape index (κ1) is 21.2. The summed E-state index contributed by atoms with van der Waals surface area (Å²) in [6, 6.07) is 3.87. The van der Waals surface area contributed by atoms with E-state index in [4.69, 9.17) is 4.74 Å². The van der Waals surface area contributed by atoms with E-state index in [-0.39, 0.29) is 45.2 Å². The minimum Gasteiger partial charge on any atom is -0.363 e. The number of aliphatic hydroxyl groups is 1. The van der Waals surface area contributed by atoms with Crippen molar-refractivity contribution in [3.63, 3.8) is 0 Å². The molecule has 0 bridgehead atoms. The molecule has 7 nitrogen and oxygen atoms in total. The maximum absolute atomic E-state index is 14.1. The van der Waals surface area contributed by atoms with E-state index in [0.717, 1.165) is 24.3 Å². The molecule has 0 radical (unpaired) electrons. The molecule has 170 valence electrons. The number of aliphatic hydroxyl groups excluding tert-OH is 1. The molecule has 4 aromatic rings. The van der Waals surface area contributed by atoms with Crippen LogP contribution in [0.1, 0.15) is 34.1 Å². The molecule has 3 N–H and O–H groups in total. The molecule has 1 aliphatic heterocycles. The van der Waals surface area contributed by atoms with Crippen LogP contribution in [-0.4, -0.2) is 39.5 Å². The Morgan fingerprint density at radius 2 is 1.64 bits per heavy atom. The minimum atomic E-state index is -1.55. The molecule has 0 saturated carbocycles. The van der Waals surface area contributed by atoms with Crippen molar-refractivity contribution in [2.75, 3.05) is 13.7 Å². The average molecular weight is 461 g/mol. The van der Waals surface area contributed by atoms with Gasteiger partial charge in [-0.05, 0) is 29.7 Å². The van der Waals surface area contributed by atoms with E-state index < -0.39 is 47.1 Å². The van der Waals surface area contributed by atoms with Crippen molar-refractivity contribution in [3.05, 3.63) is 80.9 Å². The van der Waals surface area contributed by atoms with E-state index in [1.165, 1.54) is 18.0 Å². The smallest absolute Gasteiger partial charge is 0.270 e. The summed E-state index contributed by atoms with van der Waals surface area (Å²) in [7, 11) is 1.40. The molecule has 0 saturated heterocycles. The zero-order valence-corrected chi connectivity index (χ0v) is 16.9. The topological polar surface area (TPSA) is 98.4 Å². The first-order valence-corrected chi connectivity index (χ1v) is 9.75. The number of likely N-dealkylation sites (N-methyl/N-ethyl adjacent to an activating group) is 1. The lowest BCUT2D eigenvalue weighted by Crippen LogP contribution is -2.39. The van der Waals surface area contributed by atoms with Crippen LogP contribution in [0, 0.1) is 23.3 Å². The number of pyridine rings is 1. The second-order valence-electron chi connectivity index (χ2n) is 7.75. The van der Waals surface area contributed by atoms with Gasteiger partial charge in [-0.3, -0.25) is 9.59 Å². The monoisotopic (exact) mass is 461 g/mol. The van der Waals surface area contributed by atoms with Crippen LogP contribution in [0.3, 0.4) is 0 Å². The molecule has 0 unspecified atom stereocenters. The maximum Gasteiger partial charge on any atom is 0.270 e. The number of carbonyl (C=O) groups is 1. The van der Waals surface area contributed by atoms with Gasteiger partial charge in [0, 0.05) is 29.6 Å². The fourth-order valence-corrected chi connectivity index (χ4v) is 4.14. The number of aromatic amines is 2. The molecule has 0 fully saturated rings. The molecular formula is C22H15F4N3O4. The van der Waals surface area contributed by atoms with Gasteiger partial charge in [0.2, 0.25) is 0 Å². The predicted molar refractivity (Wildman–Crippen MR) is 108 cm³/mol. The molecule has 3 heterocycles. The van der Waals surface area contributed by atoms with Crippen molar-refractivity contribution in [2.24, 2.45) is 0 Å². The van der Waals surface area contributed by atoms with Crippen LogP contribution in [0.5, 0.6) is 0 Å². The Hall–Kier alpha value is -3.70. The number of amides is 1. The molecule has 0 aliphatic carbocycles. The molecule has 5 rings (SSSR count). The lowest BCUT2D eigenvalue weighted by molar-refractivity contribution is -0.129. The highest BCUT2D eigenvalue weighted by Crippen LogP contribution is 2.37. The molecule has 1 aliphatic rings. The van der Waals surface area contributed by atoms with Crippen LogP contribution in [0.15, 0.2) is 35.1 Å². The van der Waals surface area contributed by atoms with Gasteiger partial charge in [0.05, 0.1) is 23.7 Å². The molecule has 11 heteroatoms. The highest BCUT2D eigenvalue weighted by molar-refractivity contribution is 5.98. The summed E-state index contributed by atoms with van der Waals surface area (Å²) >= 11 is 0. The van der Waals surface area contributed by atoms with E-state index in [1.54, 1.807) is 0 Å². The van der Waals surface area contributed by atoms with Crippen molar-refractivity contribution < 1.29 is 32.2 Å². The van der Waals surface area contributed by atoms with Gasteiger partial charge in [-0.2, -0.15) is 0 Å². The summed E-state index contributed by atoms with van der Waals surface area (Å²) in [4.78, 5) is 31.9. The predicted octanol–water partition coefficient (Wildman–Crippen LogP) is 3.40. The van der Waals surface area contributed by atoms with Crippen molar-refractivity contribution in [2.45, 2.75) is 12.3 Å². The third kappa shape index (κ3) is 3.28. The van der Waals surface area contributed by atoms with E-state index in [9.17, 15) is 32.3 Å². The Bertz CT molecular complexity index is 1470. The molecule has 0 spiro atoms. The Morgan fingerprint density at radius 3 is 2.36 bits per heavy atom. The third-order valence-corrected chi connectivity index (χ3v) is 5.81. The number of nitrogens with one attached hydrogen (secondary N) is 2. The second-order valence-corrected chi connectivity index (χ2v) is 7.75. The number of hydrogen-bond donors (Lipinski definition) is 3. The highest BCUT2D eigenvalue weighted by Gasteiger charge is 2.35. The van der Waals surface area contributed by atoms with Gasteiger partial charge in [-0.1, -0.05) is 0 Å². The molecule has 2 aromatic carbocycles. The first-order valence-electron chi connectivity index (χ1n) is 9.75. The van der Waals surface area contributed by atoms with Crippen LogP contribution in [0.2, 0.25) is 0 Å². The zero-order chi connectivity index (χ0) is 23.6. The van der Waals surface area contributed by atoms with E-state index in [0.29, 0.717) is 0 Å². The largest absolute Gasteiger partial charge is 0.363 e. The minimum absolute atomic E-state index is 0.0103. The number of benzene rings is 2. The number of rotatable bonds is 2. The Kier molecular flexibility index (Phi) is 4.76. The summed E-state index contributed by atoms with van der Waals surface area (Å²) in [5.74, 6) is -5.18. The van der Waals surface area contributed by atoms with Gasteiger partial charge in [0.15, 0.2) is 29.6 Å². The molecule has 33 heavy (non-hydrogen) atoms. The van der Waals surface area contributed by atoms with E-state index in [2.05, 4.69) is 9.97 Å². The number of ether oxygens (including phenoxy) is 1. The lowest BCUT2D eigenvalue weighted by Gasteiger charge is -2.35. The Labute approximate surface area is 182 Å². The standard InChI is InChI=1S/C22H15F4N3O4/c1-29(21(31)16-3-8-2-11(23)14(26)6-15(8)27-16)17-7-33-22(32)19-18(17)9-4-12(24)13(25)5-10(9)20(30)28-19/h2-6,17,22,27,32H,7H2,1H3,(H,28,30)/t17-,22-/m0/s1. The van der Waals surface area contributed by atoms with Crippen molar-refractivity contribution in [1.82, 2.24) is 14.9 Å². The van der Waals surface area contributed by atoms with E-state index >= 15 is 0 Å². The molecule has 2 atom stereocenters. The van der Waals surface area contributed by atoms with Gasteiger partial charge < -0.3 is 24.7 Å². The van der Waals surface area contributed by atoms with Gasteiger partial charge in [-0.15, -0.1) is 0 Å². The normalized spacial score (nSPS) is 18.0. The number of aromatic nitrogens is 2. The quantitative estimate of drug-likeness (QED) is 0.399. The third-order valence-electron chi connectivity index (χ3n) is 5.81. The van der Waals surface area contributed by atoms with Crippen LogP contribution in [-0.2, 0) is 4.74 Å². The number of carbonyl (C=O) groups excluding carboxylic acids is 1. The molecule has 2 aromatic heterocycles. The summed E-state index contributed by atoms with van der Waals surface area (Å²) in [5, 5.41) is 10.4. The highest BCUT2D eigenvalue weighted by atomic mass is 19.2. The number of halogens is 4. The molecular weight excluding hydrogens is 446 g/mol. The summed E-state index contributed by atoms with van der Waals surface area (Å²) < 4.78 is 60.2. The van der Waals surface area contributed by atoms with Crippen molar-refractivity contribution in [3.8, 4) is 0 Å². The number of nitrogens with zero attached hydrogens (tertiary/aromatic N) is 1. The summed E-state index contributed by atoms with van der Waals surface area (Å²) in [6.07, 6.45) is -1.55. The van der Waals surface area contributed by atoms with Gasteiger partial charge >= 0.3 is 0 Å². The van der Waals surface area contributed by atoms with Gasteiger partial charge in [-0.25, -0.2) is 17.6 Å². The number of hydrogen-bond acceptors (Lipinski definition) is 4. The van der Waals surface area contributed by atoms with Crippen LogP contribution in [0.25, 0.3) is 21.7 Å². The summed E-state index contributed by atoms with van der Waals surface area (Å²) in [6.45, 7) is -0.222. The first-order chi connectivity index (χ1) is 15.7. The van der Waals surface area contributed by atoms with Crippen LogP contribution < -0.4 is 5.56 Å². The second kappa shape index (κ2) is 7.42. The van der Waals surface area contributed by atoms with Crippen molar-refractivity contribution in [1.29, 1.82) is 0 Å². The fourth-order valence-electron chi connectivity index (χ4n) is 4.14. The lowest BCUT2D eigenvalue weighted by atomic mass is 9.94. The SMILES string of the molecule is CN(C(=O)c1cc2cc(F)c(F)cc2[nH]1)[C@H]1CO[C@H](O)c2[nH]c(=O)c3cc(F)c(F)cc3c21. The van der Waals surface area contributed by atoms with Crippen molar-refractivity contribution >= 4 is 27.6 Å². The Morgan fingerprint density at radius 1 is 1.00 bits per heavy atom. The zero-order valence-electron chi connectivity index (χ0n) is 16.9. The van der Waals surface area contributed by atoms with E-state index in [1.807, 2.05) is 0 Å². The molecule has 1 amide bonds. The average Bonchev–Trinajstić information content (AvgIpc) is 3.18. The summed E-state index contributed by atoms with van der Waals surface area (Å²) in [5.41, 5.74) is -0.453. The number of H-pyrrole nitrogens is 2. The van der Waals surface area contributed by atoms with Gasteiger partial charge in [0.25, 0.3) is 11.5 Å². The van der Waals surface area contributed by atoms with Gasteiger partial charge in [0.1, 0.15) is 5.69 Å². The van der Waals surface area contributed by atoms with Crippen LogP contribution in [0.4, 0.5) is 17.6 Å². The Balaban J connectivity index is 1.63.